The Balaban J connectivity index is 0. The minimum absolute atomic E-state index is 0. The van der Waals surface area contributed by atoms with Crippen LogP contribution in [0.2, 0.25) is 0 Å². The smallest absolute Gasteiger partial charge is 0 e. The van der Waals surface area contributed by atoms with Gasteiger partial charge in [0.2, 0.25) is 0 Å². The summed E-state index contributed by atoms with van der Waals surface area (Å²) in [5, 5.41) is 0. The van der Waals surface area contributed by atoms with Crippen molar-refractivity contribution in [2.45, 2.75) is 27.7 Å². The molecular weight excluding hydrogens is 716 g/mol. The van der Waals surface area contributed by atoms with Crippen LogP contribution in [0.25, 0.3) is 0 Å². The van der Waals surface area contributed by atoms with Crippen molar-refractivity contribution in [3.05, 3.63) is 23.0 Å². The second-order valence-corrected chi connectivity index (χ2v) is 7.28. The summed E-state index contributed by atoms with van der Waals surface area (Å²) in [7, 11) is 0. The van der Waals surface area contributed by atoms with Crippen LogP contribution in [-0.2, 0) is 69.3 Å². The van der Waals surface area contributed by atoms with Gasteiger partial charge in [0.05, 0.1) is 0 Å². The normalized spacial score (nSPS) is 12.1. The van der Waals surface area contributed by atoms with E-state index in [0.29, 0.717) is 5.76 Å². The largest absolute Gasteiger partial charge is 0 e. The van der Waals surface area contributed by atoms with Gasteiger partial charge < -0.3 is 0 Å². The first-order valence-electron chi connectivity index (χ1n) is 4.27. The molecule has 0 N–H and O–H groups in total. The average molecular weight is 728 g/mol. The Morgan fingerprint density at radius 3 is 1.88 bits per heavy atom. The molecule has 0 radical (unpaired) electrons. The van der Waals surface area contributed by atoms with E-state index < -0.39 is 0 Å². The molecule has 0 saturated heterocycles. The molecule has 0 unspecified atom stereocenters. The van der Waals surface area contributed by atoms with Crippen molar-refractivity contribution in [2.75, 3.05) is 0 Å². The fraction of sp³-hybridized carbons (Fsp3) is 0.364. The zero-order valence-corrected chi connectivity index (χ0v) is 18.3. The van der Waals surface area contributed by atoms with Crippen LogP contribution in [0.3, 0.4) is 0 Å². The summed E-state index contributed by atoms with van der Waals surface area (Å²) >= 11 is 2.78. The van der Waals surface area contributed by atoms with E-state index in [0.717, 1.165) is 11.1 Å². The van der Waals surface area contributed by atoms with Gasteiger partial charge >= 0.3 is 113 Å². The van der Waals surface area contributed by atoms with Gasteiger partial charge in [0.25, 0.3) is 0 Å². The number of allylic oxidation sites excluding steroid dienone is 3. The number of rotatable bonds is 5. The van der Waals surface area contributed by atoms with Gasteiger partial charge in [0, 0.05) is 21.1 Å². The quantitative estimate of drug-likeness (QED) is 0.245. The van der Waals surface area contributed by atoms with Crippen LogP contribution in [0.4, 0.5) is 0 Å². The van der Waals surface area contributed by atoms with Crippen LogP contribution in [0.15, 0.2) is 16.9 Å². The molecular formula is C11H12O2W3-2. The third kappa shape index (κ3) is 5.90. The number of hydrogen-bond donors (Lipinski definition) is 0. The topological polar surface area (TPSA) is 26.3 Å². The van der Waals surface area contributed by atoms with Crippen LogP contribution in [-0.4, -0.2) is 14.3 Å². The van der Waals surface area contributed by atoms with Gasteiger partial charge in [-0.15, -0.1) is 0 Å². The molecule has 0 aliphatic heterocycles. The van der Waals surface area contributed by atoms with E-state index in [1.54, 1.807) is 6.92 Å². The Morgan fingerprint density at radius 1 is 1.12 bits per heavy atom. The van der Waals surface area contributed by atoms with Crippen molar-refractivity contribution in [1.29, 1.82) is 0 Å². The average Bonchev–Trinajstić information content (AvgIpc) is 2.15. The predicted octanol–water partition coefficient (Wildman–Crippen LogP) is 1.57. The SMILES string of the molecule is C[C-]=C(O[C-]=O)C([C](C)=[W])=C(C)[C](C)=[W].[W]. The Labute approximate surface area is 133 Å². The molecule has 0 aromatic heterocycles. The van der Waals surface area contributed by atoms with E-state index in [4.69, 9.17) is 4.74 Å². The van der Waals surface area contributed by atoms with Crippen LogP contribution in [0, 0.1) is 6.08 Å². The predicted molar refractivity (Wildman–Crippen MR) is 53.3 cm³/mol. The molecule has 0 aromatic carbocycles. The van der Waals surface area contributed by atoms with Crippen LogP contribution in [0.5, 0.6) is 0 Å². The minimum Gasteiger partial charge on any atom is 0 e. The van der Waals surface area contributed by atoms with E-state index >= 15 is 0 Å². The molecule has 0 spiro atoms. The van der Waals surface area contributed by atoms with E-state index in [1.165, 1.54) is 53.0 Å². The monoisotopic (exact) mass is 728 g/mol. The fourth-order valence-electron chi connectivity index (χ4n) is 1.04. The maximum atomic E-state index is 10.3. The molecule has 0 rings (SSSR count). The summed E-state index contributed by atoms with van der Waals surface area (Å²) in [6, 6.07) is 0. The summed E-state index contributed by atoms with van der Waals surface area (Å²) in [4.78, 5) is 10.3. The maximum Gasteiger partial charge on any atom is 0 e. The van der Waals surface area contributed by atoms with Crippen molar-refractivity contribution >= 4 is 14.3 Å². The first kappa shape index (κ1) is 19.1. The first-order chi connectivity index (χ1) is 6.95. The van der Waals surface area contributed by atoms with E-state index in [1.807, 2.05) is 13.8 Å². The molecule has 0 amide bonds. The Hall–Kier alpha value is 0.755. The molecule has 16 heavy (non-hydrogen) atoms. The van der Waals surface area contributed by atoms with Gasteiger partial charge in [0.1, 0.15) is 0 Å². The minimum atomic E-state index is 0. The van der Waals surface area contributed by atoms with Crippen LogP contribution >= 0.6 is 0 Å². The summed E-state index contributed by atoms with van der Waals surface area (Å²) in [5.74, 6) is 0.482. The molecule has 5 heteroatoms. The van der Waals surface area contributed by atoms with Gasteiger partial charge in [-0.05, 0) is 0 Å². The van der Waals surface area contributed by atoms with Crippen molar-refractivity contribution in [3.63, 3.8) is 0 Å². The third-order valence-corrected chi connectivity index (χ3v) is 3.69. The van der Waals surface area contributed by atoms with Crippen molar-refractivity contribution in [1.82, 2.24) is 0 Å². The van der Waals surface area contributed by atoms with Gasteiger partial charge in [-0.25, -0.2) is 0 Å². The zero-order chi connectivity index (χ0) is 12.0. The van der Waals surface area contributed by atoms with Crippen molar-refractivity contribution in [2.24, 2.45) is 0 Å². The van der Waals surface area contributed by atoms with E-state index in [9.17, 15) is 4.79 Å². The Kier molecular flexibility index (Phi) is 11.6. The van der Waals surface area contributed by atoms with E-state index in [-0.39, 0.29) is 21.1 Å². The van der Waals surface area contributed by atoms with Crippen molar-refractivity contribution < 1.29 is 69.3 Å². The number of hydrogen-bond acceptors (Lipinski definition) is 2. The molecule has 0 fully saturated rings. The van der Waals surface area contributed by atoms with Crippen molar-refractivity contribution in [3.8, 4) is 0 Å². The summed E-state index contributed by atoms with van der Waals surface area (Å²) in [5.41, 5.74) is 2.15. The van der Waals surface area contributed by atoms with Crippen LogP contribution in [0.1, 0.15) is 27.7 Å². The fourth-order valence-corrected chi connectivity index (χ4v) is 2.29. The van der Waals surface area contributed by atoms with Gasteiger partial charge in [-0.2, -0.15) is 0 Å². The number of carbonyl (C=O) groups excluding carboxylic acids is 1. The molecule has 0 heterocycles. The summed E-state index contributed by atoms with van der Waals surface area (Å²) < 4.78 is 7.29. The van der Waals surface area contributed by atoms with Gasteiger partial charge in [0.15, 0.2) is 0 Å². The molecule has 2 nitrogen and oxygen atoms in total. The zero-order valence-electron chi connectivity index (χ0n) is 9.54. The summed E-state index contributed by atoms with van der Waals surface area (Å²) in [6.45, 7) is 9.32. The van der Waals surface area contributed by atoms with Crippen LogP contribution < -0.4 is 0 Å². The molecule has 0 aliphatic rings. The molecule has 0 aromatic rings. The molecule has 0 aliphatic carbocycles. The second kappa shape index (κ2) is 9.75. The molecule has 88 valence electrons. The third-order valence-electron chi connectivity index (χ3n) is 1.85. The standard InChI is InChI=1S/C11H12O2.3W/c1-5-9(4)10(6-2)11(7-3)13-8-12;;;/h1-4H3;;;/q-2;;;. The Bertz CT molecular complexity index is 354. The van der Waals surface area contributed by atoms with Gasteiger partial charge in [-0.1, -0.05) is 0 Å². The maximum absolute atomic E-state index is 10.3. The second-order valence-electron chi connectivity index (χ2n) is 2.88. The van der Waals surface area contributed by atoms with Gasteiger partial charge in [-0.3, -0.25) is 0 Å². The number of ether oxygens (including phenoxy) is 1. The molecule has 0 atom stereocenters. The molecule has 0 bridgehead atoms. The Morgan fingerprint density at radius 2 is 1.62 bits per heavy atom. The van der Waals surface area contributed by atoms with E-state index in [2.05, 4.69) is 13.0 Å². The molecule has 0 saturated carbocycles. The first-order valence-corrected chi connectivity index (χ1v) is 7.20. The summed E-state index contributed by atoms with van der Waals surface area (Å²) in [6.07, 6.45) is 2.88.